The van der Waals surface area contributed by atoms with Gasteiger partial charge in [-0.2, -0.15) is 18.2 Å². The van der Waals surface area contributed by atoms with Gasteiger partial charge < -0.3 is 15.5 Å². The molecular weight excluding hydrogens is 398 g/mol. The van der Waals surface area contributed by atoms with E-state index in [2.05, 4.69) is 20.6 Å². The van der Waals surface area contributed by atoms with Gasteiger partial charge in [0, 0.05) is 32.9 Å². The van der Waals surface area contributed by atoms with E-state index in [0.29, 0.717) is 36.1 Å². The summed E-state index contributed by atoms with van der Waals surface area (Å²) in [7, 11) is 3.86. The first-order chi connectivity index (χ1) is 14.2. The third kappa shape index (κ3) is 6.29. The third-order valence-corrected chi connectivity index (χ3v) is 5.33. The molecule has 3 rings (SSSR count). The number of alkyl halides is 3. The normalized spacial score (nSPS) is 19.5. The molecule has 2 N–H and O–H groups in total. The summed E-state index contributed by atoms with van der Waals surface area (Å²) in [5, 5.41) is 6.56. The van der Waals surface area contributed by atoms with E-state index in [1.165, 1.54) is 0 Å². The molecule has 1 aliphatic carbocycles. The largest absolute Gasteiger partial charge is 0.416 e. The van der Waals surface area contributed by atoms with Crippen molar-refractivity contribution in [2.75, 3.05) is 30.9 Å². The summed E-state index contributed by atoms with van der Waals surface area (Å²) in [5.74, 6) is 1.03. The lowest BCUT2D eigenvalue weighted by Gasteiger charge is -2.29. The molecule has 0 aliphatic heterocycles. The van der Waals surface area contributed by atoms with E-state index in [4.69, 9.17) is 0 Å². The van der Waals surface area contributed by atoms with Crippen LogP contribution < -0.4 is 15.5 Å². The highest BCUT2D eigenvalue weighted by atomic mass is 19.4. The summed E-state index contributed by atoms with van der Waals surface area (Å²) >= 11 is 0. The molecule has 0 spiro atoms. The maximum absolute atomic E-state index is 13.5. The first-order valence-corrected chi connectivity index (χ1v) is 10.0. The van der Waals surface area contributed by atoms with E-state index in [1.54, 1.807) is 6.20 Å². The van der Waals surface area contributed by atoms with Crippen molar-refractivity contribution in [1.29, 1.82) is 0 Å². The molecule has 1 fully saturated rings. The van der Waals surface area contributed by atoms with Gasteiger partial charge in [-0.05, 0) is 68.0 Å². The Bertz CT molecular complexity index is 832. The van der Waals surface area contributed by atoms with Crippen LogP contribution in [0.3, 0.4) is 0 Å². The quantitative estimate of drug-likeness (QED) is 0.642. The molecular formula is C21H27F4N5. The van der Waals surface area contributed by atoms with Crippen LogP contribution in [0.4, 0.5) is 29.3 Å². The topological polar surface area (TPSA) is 53.1 Å². The maximum Gasteiger partial charge on any atom is 0.416 e. The number of hydrogen-bond donors (Lipinski definition) is 2. The van der Waals surface area contributed by atoms with Crippen LogP contribution in [-0.4, -0.2) is 36.6 Å². The number of aromatic nitrogens is 2. The number of nitrogens with zero attached hydrogens (tertiary/aromatic N) is 3. The summed E-state index contributed by atoms with van der Waals surface area (Å²) in [6.07, 6.45) is 1.12. The van der Waals surface area contributed by atoms with Crippen molar-refractivity contribution >= 4 is 11.8 Å². The van der Waals surface area contributed by atoms with Gasteiger partial charge in [0.25, 0.3) is 0 Å². The molecule has 164 valence electrons. The van der Waals surface area contributed by atoms with Crippen molar-refractivity contribution in [2.45, 2.75) is 44.4 Å². The van der Waals surface area contributed by atoms with Crippen LogP contribution in [0.2, 0.25) is 0 Å². The van der Waals surface area contributed by atoms with E-state index in [1.807, 2.05) is 25.1 Å². The molecule has 0 amide bonds. The summed E-state index contributed by atoms with van der Waals surface area (Å²) in [5.41, 5.74) is -0.651. The first kappa shape index (κ1) is 22.3. The molecule has 30 heavy (non-hydrogen) atoms. The fourth-order valence-corrected chi connectivity index (χ4v) is 3.70. The minimum absolute atomic E-state index is 0.212. The fraction of sp³-hybridized carbons (Fsp3) is 0.524. The Hall–Kier alpha value is -2.42. The number of halogens is 4. The van der Waals surface area contributed by atoms with Crippen molar-refractivity contribution < 1.29 is 17.6 Å². The van der Waals surface area contributed by atoms with Gasteiger partial charge >= 0.3 is 6.18 Å². The van der Waals surface area contributed by atoms with Crippen LogP contribution in [0.15, 0.2) is 30.5 Å². The average Bonchev–Trinajstić information content (AvgIpc) is 2.68. The van der Waals surface area contributed by atoms with Crippen molar-refractivity contribution in [3.8, 4) is 0 Å². The van der Waals surface area contributed by atoms with Gasteiger partial charge in [0.15, 0.2) is 0 Å². The Kier molecular flexibility index (Phi) is 7.12. The number of hydrogen-bond acceptors (Lipinski definition) is 5. The lowest BCUT2D eigenvalue weighted by Crippen LogP contribution is -2.31. The van der Waals surface area contributed by atoms with Crippen molar-refractivity contribution in [3.05, 3.63) is 47.4 Å². The van der Waals surface area contributed by atoms with Crippen LogP contribution in [0.5, 0.6) is 0 Å². The molecule has 0 atom stereocenters. The zero-order valence-electron chi connectivity index (χ0n) is 17.1. The molecule has 1 aromatic carbocycles. The molecule has 1 aromatic heterocycles. The van der Waals surface area contributed by atoms with Crippen LogP contribution >= 0.6 is 0 Å². The Labute approximate surface area is 173 Å². The van der Waals surface area contributed by atoms with Gasteiger partial charge in [-0.3, -0.25) is 0 Å². The highest BCUT2D eigenvalue weighted by Crippen LogP contribution is 2.30. The molecule has 0 radical (unpaired) electrons. The number of anilines is 2. The average molecular weight is 425 g/mol. The second kappa shape index (κ2) is 9.59. The minimum atomic E-state index is -4.54. The predicted molar refractivity (Wildman–Crippen MR) is 109 cm³/mol. The van der Waals surface area contributed by atoms with Crippen molar-refractivity contribution in [1.82, 2.24) is 15.3 Å². The molecule has 1 heterocycles. The maximum atomic E-state index is 13.5. The zero-order valence-corrected chi connectivity index (χ0v) is 17.1. The monoisotopic (exact) mass is 425 g/mol. The summed E-state index contributed by atoms with van der Waals surface area (Å²) in [6, 6.07) is 4.82. The molecule has 5 nitrogen and oxygen atoms in total. The van der Waals surface area contributed by atoms with E-state index < -0.39 is 17.6 Å². The number of benzene rings is 1. The summed E-state index contributed by atoms with van der Waals surface area (Å²) < 4.78 is 51.9. The SMILES string of the molecule is CN(C)c1ccnc(N[C@H]2CC[C@@H](CNCc3cc(F)cc(C(F)(F)F)c3)CC2)n1. The number of nitrogens with one attached hydrogen (secondary N) is 2. The zero-order chi connectivity index (χ0) is 21.7. The van der Waals surface area contributed by atoms with Crippen LogP contribution in [0.1, 0.15) is 36.8 Å². The highest BCUT2D eigenvalue weighted by Gasteiger charge is 2.31. The molecule has 1 saturated carbocycles. The van der Waals surface area contributed by atoms with Gasteiger partial charge in [0.1, 0.15) is 11.6 Å². The fourth-order valence-electron chi connectivity index (χ4n) is 3.70. The van der Waals surface area contributed by atoms with Gasteiger partial charge in [-0.15, -0.1) is 0 Å². The lowest BCUT2D eigenvalue weighted by molar-refractivity contribution is -0.137. The molecule has 1 aliphatic rings. The van der Waals surface area contributed by atoms with E-state index in [0.717, 1.165) is 43.6 Å². The smallest absolute Gasteiger partial charge is 0.363 e. The Morgan fingerprint density at radius 2 is 1.83 bits per heavy atom. The Morgan fingerprint density at radius 1 is 1.10 bits per heavy atom. The van der Waals surface area contributed by atoms with Crippen LogP contribution in [0.25, 0.3) is 0 Å². The summed E-state index contributed by atoms with van der Waals surface area (Å²) in [4.78, 5) is 10.7. The summed E-state index contributed by atoms with van der Waals surface area (Å²) in [6.45, 7) is 0.904. The minimum Gasteiger partial charge on any atom is -0.363 e. The van der Waals surface area contributed by atoms with Crippen molar-refractivity contribution in [3.63, 3.8) is 0 Å². The van der Waals surface area contributed by atoms with Gasteiger partial charge in [0.05, 0.1) is 5.56 Å². The van der Waals surface area contributed by atoms with Crippen LogP contribution in [0, 0.1) is 11.7 Å². The van der Waals surface area contributed by atoms with E-state index >= 15 is 0 Å². The van der Waals surface area contributed by atoms with Gasteiger partial charge in [-0.25, -0.2) is 9.37 Å². The van der Waals surface area contributed by atoms with Gasteiger partial charge in [0.2, 0.25) is 5.95 Å². The van der Waals surface area contributed by atoms with E-state index in [-0.39, 0.29) is 6.54 Å². The molecule has 0 bridgehead atoms. The molecule has 0 saturated heterocycles. The van der Waals surface area contributed by atoms with Gasteiger partial charge in [-0.1, -0.05) is 0 Å². The third-order valence-electron chi connectivity index (χ3n) is 5.33. The first-order valence-electron chi connectivity index (χ1n) is 10.0. The van der Waals surface area contributed by atoms with E-state index in [9.17, 15) is 17.6 Å². The molecule has 2 aromatic rings. The lowest BCUT2D eigenvalue weighted by atomic mass is 9.86. The second-order valence-corrected chi connectivity index (χ2v) is 7.97. The Balaban J connectivity index is 1.43. The van der Waals surface area contributed by atoms with Crippen LogP contribution in [-0.2, 0) is 12.7 Å². The predicted octanol–water partition coefficient (Wildman–Crippen LogP) is 4.46. The standard InChI is InChI=1S/C21H27F4N5/c1-30(2)19-7-8-27-20(29-19)28-18-5-3-14(4-6-18)12-26-13-15-9-16(21(23,24)25)11-17(22)10-15/h7-11,14,18,26H,3-6,12-13H2,1-2H3,(H,27,28,29)/t14-,18+. The number of rotatable bonds is 7. The van der Waals surface area contributed by atoms with Crippen molar-refractivity contribution in [2.24, 2.45) is 5.92 Å². The second-order valence-electron chi connectivity index (χ2n) is 7.97. The Morgan fingerprint density at radius 3 is 2.50 bits per heavy atom. The molecule has 9 heteroatoms. The highest BCUT2D eigenvalue weighted by molar-refractivity contribution is 5.41. The molecule has 0 unspecified atom stereocenters.